The van der Waals surface area contributed by atoms with Gasteiger partial charge in [0.2, 0.25) is 0 Å². The fourth-order valence-electron chi connectivity index (χ4n) is 4.18. The minimum atomic E-state index is -1.02. The van der Waals surface area contributed by atoms with Crippen LogP contribution in [0.15, 0.2) is 36.1 Å². The van der Waals surface area contributed by atoms with E-state index in [9.17, 15) is 8.78 Å². The summed E-state index contributed by atoms with van der Waals surface area (Å²) >= 11 is 0. The Balaban J connectivity index is 1.72. The molecule has 0 aromatic rings. The van der Waals surface area contributed by atoms with Gasteiger partial charge >= 0.3 is 0 Å². The van der Waals surface area contributed by atoms with E-state index < -0.39 is 11.7 Å². The van der Waals surface area contributed by atoms with Gasteiger partial charge in [0, 0.05) is 0 Å². The zero-order chi connectivity index (χ0) is 17.7. The molecule has 3 heteroatoms. The fourth-order valence-corrected chi connectivity index (χ4v) is 4.18. The molecule has 0 unspecified atom stereocenters. The lowest BCUT2D eigenvalue weighted by atomic mass is 9.69. The zero-order valence-corrected chi connectivity index (χ0v) is 15.3. The molecule has 0 radical (unpaired) electrons. The van der Waals surface area contributed by atoms with Crippen LogP contribution in [0.3, 0.4) is 0 Å². The van der Waals surface area contributed by atoms with Gasteiger partial charge in [0.1, 0.15) is 0 Å². The Morgan fingerprint density at radius 1 is 0.875 bits per heavy atom. The predicted molar refractivity (Wildman–Crippen MR) is 95.7 cm³/mol. The summed E-state index contributed by atoms with van der Waals surface area (Å²) in [5.74, 6) is 0.903. The molecule has 0 bridgehead atoms. The van der Waals surface area contributed by atoms with Crippen LogP contribution in [0.1, 0.15) is 65.2 Å². The molecule has 0 aliphatic heterocycles. The Kier molecular flexibility index (Phi) is 7.06. The Bertz CT molecular complexity index is 478. The predicted octanol–water partition coefficient (Wildman–Crippen LogP) is 6.88. The summed E-state index contributed by atoms with van der Waals surface area (Å²) in [6.07, 6.45) is 10.3. The Labute approximate surface area is 145 Å². The van der Waals surface area contributed by atoms with Gasteiger partial charge < -0.3 is 4.74 Å². The summed E-state index contributed by atoms with van der Waals surface area (Å²) in [6, 6.07) is 0. The lowest BCUT2D eigenvalue weighted by Gasteiger charge is -2.37. The highest BCUT2D eigenvalue weighted by molar-refractivity contribution is 5.30. The van der Waals surface area contributed by atoms with Crippen LogP contribution in [-0.4, -0.2) is 6.61 Å². The molecular weight excluding hydrogens is 306 g/mol. The minimum absolute atomic E-state index is 0.0551. The van der Waals surface area contributed by atoms with Gasteiger partial charge in [0.05, 0.1) is 6.61 Å². The molecule has 2 saturated carbocycles. The molecule has 24 heavy (non-hydrogen) atoms. The molecular formula is C21H32F2O. The van der Waals surface area contributed by atoms with E-state index >= 15 is 0 Å². The lowest BCUT2D eigenvalue weighted by Crippen LogP contribution is -2.26. The van der Waals surface area contributed by atoms with Crippen LogP contribution >= 0.6 is 0 Å². The largest absolute Gasteiger partial charge is 0.491 e. The molecule has 2 rings (SSSR count). The summed E-state index contributed by atoms with van der Waals surface area (Å²) in [5.41, 5.74) is 0.0551. The number of halogens is 2. The SMILES string of the molecule is C=C(C)/C(F)=C(/F)C(=C)OCC1CCC(C2CCC(C)CC2)CC1. The molecule has 1 nitrogen and oxygen atoms in total. The second-order valence-corrected chi connectivity index (χ2v) is 7.94. The van der Waals surface area contributed by atoms with Crippen LogP contribution in [-0.2, 0) is 4.74 Å². The summed E-state index contributed by atoms with van der Waals surface area (Å²) in [4.78, 5) is 0. The zero-order valence-electron chi connectivity index (χ0n) is 15.3. The molecule has 0 aromatic carbocycles. The van der Waals surface area contributed by atoms with Crippen molar-refractivity contribution in [2.45, 2.75) is 65.2 Å². The van der Waals surface area contributed by atoms with Crippen LogP contribution < -0.4 is 0 Å². The third-order valence-electron chi connectivity index (χ3n) is 5.92. The molecule has 0 N–H and O–H groups in total. The lowest BCUT2D eigenvalue weighted by molar-refractivity contribution is 0.100. The first kappa shape index (κ1) is 19.2. The maximum absolute atomic E-state index is 13.8. The molecule has 0 atom stereocenters. The summed E-state index contributed by atoms with van der Waals surface area (Å²) in [6.45, 7) is 11.1. The highest BCUT2D eigenvalue weighted by Gasteiger charge is 2.30. The molecule has 2 aliphatic carbocycles. The van der Waals surface area contributed by atoms with Crippen molar-refractivity contribution in [3.8, 4) is 0 Å². The average Bonchev–Trinajstić information content (AvgIpc) is 2.59. The van der Waals surface area contributed by atoms with E-state index in [0.29, 0.717) is 12.5 Å². The number of ether oxygens (including phenoxy) is 1. The van der Waals surface area contributed by atoms with Gasteiger partial charge in [-0.15, -0.1) is 0 Å². The van der Waals surface area contributed by atoms with Crippen molar-refractivity contribution in [2.24, 2.45) is 23.7 Å². The number of hydrogen-bond donors (Lipinski definition) is 0. The molecule has 0 saturated heterocycles. The molecule has 0 aromatic heterocycles. The standard InChI is InChI=1S/C21H32F2O/c1-14(2)20(22)21(23)16(4)24-13-17-7-11-19(12-8-17)18-9-5-15(3)6-10-18/h15,17-19H,1,4-13H2,2-3H3/b21-20-. The smallest absolute Gasteiger partial charge is 0.200 e. The van der Waals surface area contributed by atoms with Crippen LogP contribution in [0.4, 0.5) is 8.78 Å². The van der Waals surface area contributed by atoms with Crippen molar-refractivity contribution in [2.75, 3.05) is 6.61 Å². The second-order valence-electron chi connectivity index (χ2n) is 7.94. The molecule has 0 heterocycles. The van der Waals surface area contributed by atoms with E-state index in [4.69, 9.17) is 4.74 Å². The summed E-state index contributed by atoms with van der Waals surface area (Å²) in [7, 11) is 0. The first-order valence-electron chi connectivity index (χ1n) is 9.41. The van der Waals surface area contributed by atoms with Crippen molar-refractivity contribution in [3.05, 3.63) is 36.1 Å². The van der Waals surface area contributed by atoms with Gasteiger partial charge in [0.25, 0.3) is 0 Å². The number of hydrogen-bond acceptors (Lipinski definition) is 1. The van der Waals surface area contributed by atoms with Crippen molar-refractivity contribution in [3.63, 3.8) is 0 Å². The highest BCUT2D eigenvalue weighted by atomic mass is 19.2. The van der Waals surface area contributed by atoms with Crippen molar-refractivity contribution in [1.29, 1.82) is 0 Å². The fraction of sp³-hybridized carbons (Fsp3) is 0.714. The Hall–Kier alpha value is -1.12. The maximum Gasteiger partial charge on any atom is 0.200 e. The van der Waals surface area contributed by atoms with E-state index in [1.807, 2.05) is 0 Å². The summed E-state index contributed by atoms with van der Waals surface area (Å²) in [5, 5.41) is 0. The number of rotatable bonds is 6. The summed E-state index contributed by atoms with van der Waals surface area (Å²) < 4.78 is 32.6. The molecule has 2 aliphatic rings. The van der Waals surface area contributed by atoms with Gasteiger partial charge in [-0.05, 0) is 74.7 Å². The van der Waals surface area contributed by atoms with Gasteiger partial charge in [-0.25, -0.2) is 4.39 Å². The van der Waals surface area contributed by atoms with Gasteiger partial charge in [-0.3, -0.25) is 0 Å². The van der Waals surface area contributed by atoms with Crippen molar-refractivity contribution >= 4 is 0 Å². The van der Waals surface area contributed by atoms with E-state index in [1.54, 1.807) is 0 Å². The van der Waals surface area contributed by atoms with Crippen molar-refractivity contribution in [1.82, 2.24) is 0 Å². The van der Waals surface area contributed by atoms with Crippen LogP contribution in [0.25, 0.3) is 0 Å². The normalized spacial score (nSPS) is 32.0. The van der Waals surface area contributed by atoms with Crippen LogP contribution in [0.2, 0.25) is 0 Å². The Morgan fingerprint density at radius 2 is 1.38 bits per heavy atom. The average molecular weight is 338 g/mol. The first-order chi connectivity index (χ1) is 11.4. The Morgan fingerprint density at radius 3 is 1.88 bits per heavy atom. The third kappa shape index (κ3) is 5.19. The topological polar surface area (TPSA) is 9.23 Å². The molecule has 0 amide bonds. The quantitative estimate of drug-likeness (QED) is 0.379. The van der Waals surface area contributed by atoms with E-state index in [2.05, 4.69) is 20.1 Å². The molecule has 0 spiro atoms. The van der Waals surface area contributed by atoms with Crippen LogP contribution in [0, 0.1) is 23.7 Å². The van der Waals surface area contributed by atoms with E-state index in [1.165, 1.54) is 45.4 Å². The molecule has 2 fully saturated rings. The first-order valence-corrected chi connectivity index (χ1v) is 9.41. The van der Waals surface area contributed by atoms with Gasteiger partial charge in [-0.2, -0.15) is 4.39 Å². The molecule has 136 valence electrons. The van der Waals surface area contributed by atoms with Gasteiger partial charge in [-0.1, -0.05) is 32.9 Å². The monoisotopic (exact) mass is 338 g/mol. The van der Waals surface area contributed by atoms with Crippen molar-refractivity contribution < 1.29 is 13.5 Å². The minimum Gasteiger partial charge on any atom is -0.491 e. The third-order valence-corrected chi connectivity index (χ3v) is 5.92. The second kappa shape index (κ2) is 8.82. The highest BCUT2D eigenvalue weighted by Crippen LogP contribution is 2.41. The maximum atomic E-state index is 13.8. The van der Waals surface area contributed by atoms with E-state index in [-0.39, 0.29) is 11.3 Å². The number of allylic oxidation sites excluding steroid dienone is 3. The van der Waals surface area contributed by atoms with E-state index in [0.717, 1.165) is 30.6 Å². The van der Waals surface area contributed by atoms with Crippen LogP contribution in [0.5, 0.6) is 0 Å². The van der Waals surface area contributed by atoms with Gasteiger partial charge in [0.15, 0.2) is 17.4 Å².